The summed E-state index contributed by atoms with van der Waals surface area (Å²) in [7, 11) is 0. The molecule has 0 amide bonds. The van der Waals surface area contributed by atoms with Gasteiger partial charge in [-0.25, -0.2) is 4.39 Å². The van der Waals surface area contributed by atoms with Gasteiger partial charge in [0.2, 0.25) is 0 Å². The highest BCUT2D eigenvalue weighted by Gasteiger charge is 2.20. The summed E-state index contributed by atoms with van der Waals surface area (Å²) in [5.74, 6) is -0.0850. The smallest absolute Gasteiger partial charge is 0.127 e. The summed E-state index contributed by atoms with van der Waals surface area (Å²) in [4.78, 5) is 0. The van der Waals surface area contributed by atoms with Gasteiger partial charge in [0, 0.05) is 18.2 Å². The van der Waals surface area contributed by atoms with E-state index < -0.39 is 0 Å². The number of fused-ring (bicyclic) bond motifs is 1. The van der Waals surface area contributed by atoms with E-state index in [1.807, 2.05) is 12.1 Å². The molecule has 2 aromatic rings. The van der Waals surface area contributed by atoms with Gasteiger partial charge in [-0.15, -0.1) is 0 Å². The number of benzene rings is 2. The van der Waals surface area contributed by atoms with E-state index in [4.69, 9.17) is 0 Å². The number of halogens is 1. The Hall–Kier alpha value is -1.67. The average molecular weight is 241 g/mol. The van der Waals surface area contributed by atoms with Crippen LogP contribution in [-0.4, -0.2) is 6.04 Å². The van der Waals surface area contributed by atoms with E-state index in [9.17, 15) is 4.39 Å². The second-order valence-electron chi connectivity index (χ2n) is 4.85. The fourth-order valence-electron chi connectivity index (χ4n) is 2.62. The Morgan fingerprint density at radius 2 is 1.89 bits per heavy atom. The Balaban J connectivity index is 1.76. The first-order chi connectivity index (χ1) is 8.83. The standard InChI is InChI=1S/C16H16FN/c17-16-8-4-7-13-10-14(18-11-15(13)16)9-12-5-2-1-3-6-12/h1-8,14,18H,9-11H2. The van der Waals surface area contributed by atoms with Crippen molar-refractivity contribution in [1.82, 2.24) is 5.32 Å². The molecule has 0 aromatic heterocycles. The van der Waals surface area contributed by atoms with Crippen LogP contribution in [0.15, 0.2) is 48.5 Å². The van der Waals surface area contributed by atoms with Crippen LogP contribution in [-0.2, 0) is 19.4 Å². The zero-order chi connectivity index (χ0) is 12.4. The first-order valence-corrected chi connectivity index (χ1v) is 6.36. The molecule has 1 aliphatic rings. The molecule has 2 aromatic carbocycles. The molecule has 0 saturated heterocycles. The van der Waals surface area contributed by atoms with Crippen LogP contribution < -0.4 is 5.32 Å². The molecule has 1 aliphatic heterocycles. The molecule has 1 unspecified atom stereocenters. The summed E-state index contributed by atoms with van der Waals surface area (Å²) in [6, 6.07) is 16.2. The number of nitrogens with one attached hydrogen (secondary N) is 1. The third-order valence-electron chi connectivity index (χ3n) is 3.57. The van der Waals surface area contributed by atoms with E-state index in [1.54, 1.807) is 6.07 Å². The number of hydrogen-bond acceptors (Lipinski definition) is 1. The van der Waals surface area contributed by atoms with Gasteiger partial charge in [0.25, 0.3) is 0 Å². The van der Waals surface area contributed by atoms with Crippen molar-refractivity contribution in [2.45, 2.75) is 25.4 Å². The van der Waals surface area contributed by atoms with Crippen molar-refractivity contribution in [2.24, 2.45) is 0 Å². The normalized spacial score (nSPS) is 18.4. The lowest BCUT2D eigenvalue weighted by atomic mass is 9.92. The first kappa shape index (κ1) is 11.4. The Labute approximate surface area is 107 Å². The summed E-state index contributed by atoms with van der Waals surface area (Å²) in [6.07, 6.45) is 1.90. The molecule has 2 heteroatoms. The molecule has 1 heterocycles. The Bertz CT molecular complexity index is 536. The van der Waals surface area contributed by atoms with Gasteiger partial charge in [-0.3, -0.25) is 0 Å². The van der Waals surface area contributed by atoms with E-state index in [0.29, 0.717) is 12.6 Å². The third-order valence-corrected chi connectivity index (χ3v) is 3.57. The van der Waals surface area contributed by atoms with E-state index in [0.717, 1.165) is 24.0 Å². The fraction of sp³-hybridized carbons (Fsp3) is 0.250. The van der Waals surface area contributed by atoms with Crippen molar-refractivity contribution >= 4 is 0 Å². The molecule has 1 nitrogen and oxygen atoms in total. The summed E-state index contributed by atoms with van der Waals surface area (Å²) >= 11 is 0. The van der Waals surface area contributed by atoms with Crippen LogP contribution in [0.4, 0.5) is 4.39 Å². The Morgan fingerprint density at radius 3 is 2.72 bits per heavy atom. The summed E-state index contributed by atoms with van der Waals surface area (Å²) in [5.41, 5.74) is 3.31. The first-order valence-electron chi connectivity index (χ1n) is 6.36. The minimum Gasteiger partial charge on any atom is -0.309 e. The molecule has 0 spiro atoms. The molecule has 18 heavy (non-hydrogen) atoms. The Kier molecular flexibility index (Phi) is 3.11. The quantitative estimate of drug-likeness (QED) is 0.852. The van der Waals surface area contributed by atoms with Crippen LogP contribution in [0.5, 0.6) is 0 Å². The molecular weight excluding hydrogens is 225 g/mol. The second-order valence-corrected chi connectivity index (χ2v) is 4.85. The van der Waals surface area contributed by atoms with Crippen molar-refractivity contribution in [3.8, 4) is 0 Å². The lowest BCUT2D eigenvalue weighted by Gasteiger charge is -2.26. The largest absolute Gasteiger partial charge is 0.309 e. The fourth-order valence-corrected chi connectivity index (χ4v) is 2.62. The predicted molar refractivity (Wildman–Crippen MR) is 70.9 cm³/mol. The van der Waals surface area contributed by atoms with Gasteiger partial charge in [0.15, 0.2) is 0 Å². The van der Waals surface area contributed by atoms with Crippen LogP contribution in [0.2, 0.25) is 0 Å². The molecule has 0 radical (unpaired) electrons. The van der Waals surface area contributed by atoms with Crippen molar-refractivity contribution in [3.05, 3.63) is 71.0 Å². The zero-order valence-corrected chi connectivity index (χ0v) is 10.2. The van der Waals surface area contributed by atoms with Crippen LogP contribution in [0.25, 0.3) is 0 Å². The molecule has 0 saturated carbocycles. The van der Waals surface area contributed by atoms with E-state index in [2.05, 4.69) is 29.6 Å². The van der Waals surface area contributed by atoms with Crippen molar-refractivity contribution in [2.75, 3.05) is 0 Å². The molecule has 0 bridgehead atoms. The van der Waals surface area contributed by atoms with E-state index >= 15 is 0 Å². The topological polar surface area (TPSA) is 12.0 Å². The lowest BCUT2D eigenvalue weighted by molar-refractivity contribution is 0.460. The van der Waals surface area contributed by atoms with Gasteiger partial charge >= 0.3 is 0 Å². The molecule has 1 N–H and O–H groups in total. The molecule has 1 atom stereocenters. The number of hydrogen-bond donors (Lipinski definition) is 1. The molecular formula is C16H16FN. The monoisotopic (exact) mass is 241 g/mol. The van der Waals surface area contributed by atoms with E-state index in [-0.39, 0.29) is 5.82 Å². The van der Waals surface area contributed by atoms with Crippen molar-refractivity contribution < 1.29 is 4.39 Å². The molecule has 3 rings (SSSR count). The summed E-state index contributed by atoms with van der Waals surface area (Å²) in [6.45, 7) is 0.638. The summed E-state index contributed by atoms with van der Waals surface area (Å²) in [5, 5.41) is 3.42. The molecule has 92 valence electrons. The minimum atomic E-state index is -0.0850. The maximum Gasteiger partial charge on any atom is 0.127 e. The van der Waals surface area contributed by atoms with Gasteiger partial charge in [-0.2, -0.15) is 0 Å². The van der Waals surface area contributed by atoms with Gasteiger partial charge in [-0.1, -0.05) is 42.5 Å². The average Bonchev–Trinajstić information content (AvgIpc) is 2.40. The maximum absolute atomic E-state index is 13.6. The maximum atomic E-state index is 13.6. The van der Waals surface area contributed by atoms with Gasteiger partial charge in [0.05, 0.1) is 0 Å². The van der Waals surface area contributed by atoms with E-state index in [1.165, 1.54) is 11.6 Å². The van der Waals surface area contributed by atoms with Crippen molar-refractivity contribution in [3.63, 3.8) is 0 Å². The van der Waals surface area contributed by atoms with Gasteiger partial charge in [0.1, 0.15) is 5.82 Å². The zero-order valence-electron chi connectivity index (χ0n) is 10.2. The highest BCUT2D eigenvalue weighted by molar-refractivity contribution is 5.32. The van der Waals surface area contributed by atoms with Crippen LogP contribution in [0.1, 0.15) is 16.7 Å². The predicted octanol–water partition coefficient (Wildman–Crippen LogP) is 3.08. The van der Waals surface area contributed by atoms with Gasteiger partial charge < -0.3 is 5.32 Å². The summed E-state index contributed by atoms with van der Waals surface area (Å²) < 4.78 is 13.6. The highest BCUT2D eigenvalue weighted by Crippen LogP contribution is 2.21. The van der Waals surface area contributed by atoms with Crippen LogP contribution in [0.3, 0.4) is 0 Å². The van der Waals surface area contributed by atoms with Gasteiger partial charge in [-0.05, 0) is 30.0 Å². The van der Waals surface area contributed by atoms with Crippen LogP contribution >= 0.6 is 0 Å². The Morgan fingerprint density at radius 1 is 1.06 bits per heavy atom. The molecule has 0 fully saturated rings. The number of rotatable bonds is 2. The third kappa shape index (κ3) is 2.29. The van der Waals surface area contributed by atoms with Crippen molar-refractivity contribution in [1.29, 1.82) is 0 Å². The second kappa shape index (κ2) is 4.91. The SMILES string of the molecule is Fc1cccc2c1CNC(Cc1ccccc1)C2. The molecule has 0 aliphatic carbocycles. The highest BCUT2D eigenvalue weighted by atomic mass is 19.1. The van der Waals surface area contributed by atoms with Crippen LogP contribution in [0, 0.1) is 5.82 Å². The minimum absolute atomic E-state index is 0.0850. The lowest BCUT2D eigenvalue weighted by Crippen LogP contribution is -2.37.